The smallest absolute Gasteiger partial charge is 0.296 e. The van der Waals surface area contributed by atoms with Gasteiger partial charge in [0.1, 0.15) is 17.2 Å². The van der Waals surface area contributed by atoms with Crippen molar-refractivity contribution in [3.63, 3.8) is 0 Å². The highest BCUT2D eigenvalue weighted by molar-refractivity contribution is 5.74. The van der Waals surface area contributed by atoms with Crippen molar-refractivity contribution in [2.45, 2.75) is 0 Å². The second-order valence-corrected chi connectivity index (χ2v) is 6.43. The summed E-state index contributed by atoms with van der Waals surface area (Å²) in [5.74, 6) is 0.418. The standard InChI is InChI=1S/C20H18N8O6/c29-9-7-21-15-3-1-13(11-17(15)27(31)32)24-19-5-6-23-20(26-19)25-14-2-4-16(22-8-10-30)18(12-14)28(33)34/h1-8,11-12,29-30H,9-10H2,(H2,23,24,25,26). The number of aliphatic imine (C=N–C) groups is 2. The van der Waals surface area contributed by atoms with E-state index in [2.05, 4.69) is 30.6 Å². The Labute approximate surface area is 191 Å². The van der Waals surface area contributed by atoms with Gasteiger partial charge >= 0.3 is 0 Å². The van der Waals surface area contributed by atoms with Gasteiger partial charge in [-0.15, -0.1) is 0 Å². The lowest BCUT2D eigenvalue weighted by atomic mass is 10.2. The molecule has 14 heteroatoms. The molecule has 3 aromatic rings. The quantitative estimate of drug-likeness (QED) is 0.195. The first-order chi connectivity index (χ1) is 16.4. The summed E-state index contributed by atoms with van der Waals surface area (Å²) < 4.78 is 0. The van der Waals surface area contributed by atoms with Crippen molar-refractivity contribution in [3.05, 3.63) is 68.9 Å². The minimum atomic E-state index is -0.602. The van der Waals surface area contributed by atoms with Crippen molar-refractivity contribution < 1.29 is 20.1 Å². The average molecular weight is 466 g/mol. The molecule has 1 heterocycles. The highest BCUT2D eigenvalue weighted by Crippen LogP contribution is 2.32. The second-order valence-electron chi connectivity index (χ2n) is 6.43. The normalized spacial score (nSPS) is 11.1. The molecule has 3 rings (SSSR count). The number of benzene rings is 2. The third-order valence-corrected chi connectivity index (χ3v) is 4.15. The molecule has 0 aliphatic rings. The van der Waals surface area contributed by atoms with Crippen molar-refractivity contribution in [1.82, 2.24) is 9.97 Å². The highest BCUT2D eigenvalue weighted by atomic mass is 16.6. The van der Waals surface area contributed by atoms with Gasteiger partial charge in [-0.3, -0.25) is 30.2 Å². The van der Waals surface area contributed by atoms with E-state index in [1.54, 1.807) is 6.07 Å². The van der Waals surface area contributed by atoms with Crippen LogP contribution in [-0.4, -0.2) is 55.7 Å². The molecule has 0 saturated carbocycles. The summed E-state index contributed by atoms with van der Waals surface area (Å²) >= 11 is 0. The Morgan fingerprint density at radius 2 is 1.38 bits per heavy atom. The third kappa shape index (κ3) is 6.12. The molecular weight excluding hydrogens is 448 g/mol. The van der Waals surface area contributed by atoms with E-state index < -0.39 is 9.85 Å². The molecule has 2 aromatic carbocycles. The number of aromatic nitrogens is 2. The van der Waals surface area contributed by atoms with Crippen LogP contribution in [0.2, 0.25) is 0 Å². The summed E-state index contributed by atoms with van der Waals surface area (Å²) in [4.78, 5) is 37.5. The molecule has 174 valence electrons. The molecule has 0 unspecified atom stereocenters. The molecule has 0 atom stereocenters. The van der Waals surface area contributed by atoms with Crippen molar-refractivity contribution in [1.29, 1.82) is 0 Å². The van der Waals surface area contributed by atoms with Gasteiger partial charge in [-0.25, -0.2) is 4.98 Å². The molecule has 1 aromatic heterocycles. The topological polar surface area (TPSA) is 201 Å². The van der Waals surface area contributed by atoms with Gasteiger partial charge in [0.05, 0.1) is 23.1 Å². The maximum atomic E-state index is 11.3. The first-order valence-corrected chi connectivity index (χ1v) is 9.62. The fourth-order valence-electron chi connectivity index (χ4n) is 2.76. The summed E-state index contributed by atoms with van der Waals surface area (Å²) in [5.41, 5.74) is 0.311. The zero-order valence-electron chi connectivity index (χ0n) is 17.4. The summed E-state index contributed by atoms with van der Waals surface area (Å²) in [6.45, 7) is -0.706. The molecule has 0 aliphatic heterocycles. The lowest BCUT2D eigenvalue weighted by Gasteiger charge is -2.09. The number of aliphatic hydroxyl groups excluding tert-OH is 2. The number of anilines is 4. The number of hydrogen-bond donors (Lipinski definition) is 4. The first kappa shape index (κ1) is 23.8. The van der Waals surface area contributed by atoms with Gasteiger partial charge in [-0.2, -0.15) is 4.98 Å². The fourth-order valence-corrected chi connectivity index (χ4v) is 2.76. The van der Waals surface area contributed by atoms with Crippen LogP contribution in [0.15, 0.2) is 58.6 Å². The van der Waals surface area contributed by atoms with E-state index in [1.807, 2.05) is 0 Å². The largest absolute Gasteiger partial charge is 0.391 e. The lowest BCUT2D eigenvalue weighted by molar-refractivity contribution is -0.384. The van der Waals surface area contributed by atoms with Crippen molar-refractivity contribution >= 4 is 58.3 Å². The van der Waals surface area contributed by atoms with E-state index >= 15 is 0 Å². The van der Waals surface area contributed by atoms with Crippen molar-refractivity contribution in [2.24, 2.45) is 9.98 Å². The SMILES string of the molecule is O=[N+]([O-])c1cc(Nc2ccnc(Nc3ccc(N=CCO)c([N+](=O)[O-])c3)n2)ccc1N=CCO. The van der Waals surface area contributed by atoms with Crippen LogP contribution < -0.4 is 10.6 Å². The Kier molecular flexibility index (Phi) is 7.83. The van der Waals surface area contributed by atoms with Crippen LogP contribution in [-0.2, 0) is 0 Å². The Morgan fingerprint density at radius 1 is 0.853 bits per heavy atom. The number of rotatable bonds is 10. The number of aliphatic hydroxyl groups is 2. The van der Waals surface area contributed by atoms with Gasteiger partial charge < -0.3 is 20.8 Å². The molecule has 0 fully saturated rings. The van der Waals surface area contributed by atoms with E-state index in [9.17, 15) is 20.2 Å². The fraction of sp³-hybridized carbons (Fsp3) is 0.100. The van der Waals surface area contributed by atoms with Crippen LogP contribution >= 0.6 is 0 Å². The number of nitro benzene ring substituents is 2. The van der Waals surface area contributed by atoms with Crippen molar-refractivity contribution in [3.8, 4) is 0 Å². The molecule has 4 N–H and O–H groups in total. The van der Waals surface area contributed by atoms with Crippen LogP contribution in [0.3, 0.4) is 0 Å². The molecule has 0 spiro atoms. The van der Waals surface area contributed by atoms with Crippen LogP contribution in [0.4, 0.5) is 45.9 Å². The number of hydrogen-bond acceptors (Lipinski definition) is 12. The molecule has 0 radical (unpaired) electrons. The van der Waals surface area contributed by atoms with Gasteiger partial charge in [0.2, 0.25) is 5.95 Å². The summed E-state index contributed by atoms with van der Waals surface area (Å²) in [6.07, 6.45) is 3.72. The van der Waals surface area contributed by atoms with Gasteiger partial charge in [0.15, 0.2) is 0 Å². The minimum Gasteiger partial charge on any atom is -0.391 e. The van der Waals surface area contributed by atoms with Crippen LogP contribution in [0.25, 0.3) is 0 Å². The number of nitrogens with one attached hydrogen (secondary N) is 2. The predicted molar refractivity (Wildman–Crippen MR) is 125 cm³/mol. The van der Waals surface area contributed by atoms with E-state index in [-0.39, 0.29) is 41.9 Å². The Hall–Kier alpha value is -4.82. The zero-order valence-corrected chi connectivity index (χ0v) is 17.4. The van der Waals surface area contributed by atoms with E-state index in [0.29, 0.717) is 17.2 Å². The maximum absolute atomic E-state index is 11.3. The Bertz CT molecular complexity index is 1170. The van der Waals surface area contributed by atoms with Gasteiger partial charge in [-0.05, 0) is 30.3 Å². The van der Waals surface area contributed by atoms with Crippen LogP contribution in [0, 0.1) is 20.2 Å². The number of nitrogens with zero attached hydrogens (tertiary/aromatic N) is 6. The molecule has 0 aliphatic carbocycles. The molecule has 34 heavy (non-hydrogen) atoms. The molecule has 0 amide bonds. The Morgan fingerprint density at radius 3 is 1.88 bits per heavy atom. The zero-order chi connectivity index (χ0) is 24.5. The first-order valence-electron chi connectivity index (χ1n) is 9.62. The second kappa shape index (κ2) is 11.2. The molecular formula is C20H18N8O6. The number of nitro groups is 2. The van der Waals surface area contributed by atoms with Gasteiger partial charge in [0.25, 0.3) is 11.4 Å². The maximum Gasteiger partial charge on any atom is 0.296 e. The van der Waals surface area contributed by atoms with Crippen molar-refractivity contribution in [2.75, 3.05) is 23.8 Å². The summed E-state index contributed by atoms with van der Waals surface area (Å²) in [5, 5.41) is 46.1. The Balaban J connectivity index is 1.82. The van der Waals surface area contributed by atoms with Gasteiger partial charge in [0, 0.05) is 42.1 Å². The van der Waals surface area contributed by atoms with E-state index in [0.717, 1.165) is 12.4 Å². The minimum absolute atomic E-state index is 0.0781. The summed E-state index contributed by atoms with van der Waals surface area (Å²) in [7, 11) is 0. The van der Waals surface area contributed by atoms with E-state index in [4.69, 9.17) is 10.2 Å². The average Bonchev–Trinajstić information content (AvgIpc) is 2.82. The van der Waals surface area contributed by atoms with Gasteiger partial charge in [-0.1, -0.05) is 0 Å². The van der Waals surface area contributed by atoms with Crippen LogP contribution in [0.5, 0.6) is 0 Å². The monoisotopic (exact) mass is 466 g/mol. The van der Waals surface area contributed by atoms with E-state index in [1.165, 1.54) is 42.6 Å². The highest BCUT2D eigenvalue weighted by Gasteiger charge is 2.16. The molecule has 0 saturated heterocycles. The predicted octanol–water partition coefficient (Wildman–Crippen LogP) is 3.17. The third-order valence-electron chi connectivity index (χ3n) is 4.15. The molecule has 14 nitrogen and oxygen atoms in total. The summed E-state index contributed by atoms with van der Waals surface area (Å²) in [6, 6.07) is 9.99. The lowest BCUT2D eigenvalue weighted by Crippen LogP contribution is -2.01. The van der Waals surface area contributed by atoms with Crippen LogP contribution in [0.1, 0.15) is 0 Å². The molecule has 0 bridgehead atoms.